The summed E-state index contributed by atoms with van der Waals surface area (Å²) in [4.78, 5) is 16.7. The van der Waals surface area contributed by atoms with Crippen LogP contribution in [0.25, 0.3) is 0 Å². The number of hydrogen-bond donors (Lipinski definition) is 2. The molecular formula is C18H24ClN3O3. The quantitative estimate of drug-likeness (QED) is 0.844. The van der Waals surface area contributed by atoms with Gasteiger partial charge in [-0.2, -0.15) is 0 Å². The van der Waals surface area contributed by atoms with Crippen molar-refractivity contribution in [3.05, 3.63) is 23.2 Å². The van der Waals surface area contributed by atoms with Gasteiger partial charge < -0.3 is 25.0 Å². The van der Waals surface area contributed by atoms with Crippen LogP contribution in [0.5, 0.6) is 0 Å². The van der Waals surface area contributed by atoms with E-state index < -0.39 is 0 Å². The van der Waals surface area contributed by atoms with Gasteiger partial charge in [0.2, 0.25) is 0 Å². The number of morpholine rings is 1. The molecule has 3 aliphatic rings. The number of piperidine rings is 1. The average Bonchev–Trinajstić information content (AvgIpc) is 2.85. The fourth-order valence-corrected chi connectivity index (χ4v) is 4.35. The van der Waals surface area contributed by atoms with Crippen molar-refractivity contribution in [2.24, 2.45) is 11.8 Å². The maximum Gasteiger partial charge on any atom is 0.321 e. The molecule has 2 N–H and O–H groups in total. The number of amides is 2. The third kappa shape index (κ3) is 3.43. The van der Waals surface area contributed by atoms with Gasteiger partial charge in [-0.05, 0) is 31.0 Å². The number of rotatable bonds is 2. The van der Waals surface area contributed by atoms with Crippen molar-refractivity contribution in [1.29, 1.82) is 0 Å². The first kappa shape index (κ1) is 16.9. The number of likely N-dealkylation sites (tertiary alicyclic amines) is 1. The van der Waals surface area contributed by atoms with Gasteiger partial charge in [-0.1, -0.05) is 11.6 Å². The molecule has 7 heteroatoms. The lowest BCUT2D eigenvalue weighted by atomic mass is 9.95. The van der Waals surface area contributed by atoms with E-state index in [1.54, 1.807) is 0 Å². The number of nitrogens with zero attached hydrogens (tertiary/aromatic N) is 2. The molecule has 2 aliphatic heterocycles. The number of nitrogens with one attached hydrogen (secondary N) is 1. The number of halogens is 1. The Balaban J connectivity index is 1.45. The van der Waals surface area contributed by atoms with Gasteiger partial charge in [-0.3, -0.25) is 0 Å². The molecule has 25 heavy (non-hydrogen) atoms. The average molecular weight is 366 g/mol. The van der Waals surface area contributed by atoms with Gasteiger partial charge in [-0.15, -0.1) is 0 Å². The van der Waals surface area contributed by atoms with E-state index in [1.807, 2.05) is 23.1 Å². The number of fused-ring (bicyclic) bond motifs is 2. The van der Waals surface area contributed by atoms with Crippen LogP contribution >= 0.6 is 11.6 Å². The lowest BCUT2D eigenvalue weighted by Gasteiger charge is -2.35. The summed E-state index contributed by atoms with van der Waals surface area (Å²) in [7, 11) is 0. The van der Waals surface area contributed by atoms with Crippen molar-refractivity contribution in [3.63, 3.8) is 0 Å². The molecule has 6 nitrogen and oxygen atoms in total. The van der Waals surface area contributed by atoms with E-state index in [4.69, 9.17) is 16.3 Å². The molecule has 0 spiro atoms. The number of aliphatic hydroxyl groups is 1. The molecule has 4 rings (SSSR count). The molecule has 1 aromatic carbocycles. The van der Waals surface area contributed by atoms with Crippen LogP contribution in [0.2, 0.25) is 5.02 Å². The molecule has 2 saturated heterocycles. The van der Waals surface area contributed by atoms with E-state index in [0.717, 1.165) is 31.6 Å². The fourth-order valence-electron chi connectivity index (χ4n) is 4.18. The highest BCUT2D eigenvalue weighted by atomic mass is 35.5. The summed E-state index contributed by atoms with van der Waals surface area (Å²) in [5.41, 5.74) is 1.67. The second-order valence-electron chi connectivity index (χ2n) is 7.19. The second kappa shape index (κ2) is 7.02. The van der Waals surface area contributed by atoms with Gasteiger partial charge in [0.25, 0.3) is 0 Å². The van der Waals surface area contributed by atoms with Crippen molar-refractivity contribution in [2.45, 2.75) is 18.9 Å². The largest absolute Gasteiger partial charge is 0.392 e. The Kier molecular flexibility index (Phi) is 4.75. The van der Waals surface area contributed by atoms with Gasteiger partial charge in [-0.25, -0.2) is 4.79 Å². The molecule has 1 unspecified atom stereocenters. The summed E-state index contributed by atoms with van der Waals surface area (Å²) >= 11 is 6.29. The van der Waals surface area contributed by atoms with Crippen molar-refractivity contribution < 1.29 is 14.6 Å². The number of anilines is 2. The Morgan fingerprint density at radius 2 is 1.88 bits per heavy atom. The number of ether oxygens (including phenoxy) is 1. The van der Waals surface area contributed by atoms with Crippen LogP contribution in [0.4, 0.5) is 16.2 Å². The van der Waals surface area contributed by atoms with Crippen LogP contribution in [0.1, 0.15) is 12.8 Å². The molecule has 1 aliphatic carbocycles. The second-order valence-corrected chi connectivity index (χ2v) is 7.59. The zero-order chi connectivity index (χ0) is 17.4. The third-order valence-corrected chi connectivity index (χ3v) is 5.97. The van der Waals surface area contributed by atoms with E-state index in [9.17, 15) is 9.90 Å². The first-order valence-corrected chi connectivity index (χ1v) is 9.36. The van der Waals surface area contributed by atoms with Crippen LogP contribution in [0, 0.1) is 11.8 Å². The molecule has 1 aromatic rings. The number of carbonyl (C=O) groups is 1. The van der Waals surface area contributed by atoms with Gasteiger partial charge in [0.1, 0.15) is 0 Å². The standard InChI is InChI=1S/C18H24ClN3O3/c19-15-4-3-14(21-5-7-25-8-6-21)9-16(15)20-18(24)22-10-12-1-2-13(11-22)17(12)23/h3-4,9,12-13,17,23H,1-2,5-8,10-11H2,(H,20,24)/t12-,13+,17?. The minimum Gasteiger partial charge on any atom is -0.392 e. The van der Waals surface area contributed by atoms with Crippen LogP contribution < -0.4 is 10.2 Å². The van der Waals surface area contributed by atoms with Crippen molar-refractivity contribution in [3.8, 4) is 0 Å². The lowest BCUT2D eigenvalue weighted by Crippen LogP contribution is -2.48. The van der Waals surface area contributed by atoms with Crippen LogP contribution in [0.3, 0.4) is 0 Å². The minimum absolute atomic E-state index is 0.134. The molecule has 0 aromatic heterocycles. The summed E-state index contributed by atoms with van der Waals surface area (Å²) in [6.07, 6.45) is 1.75. The molecular weight excluding hydrogens is 342 g/mol. The summed E-state index contributed by atoms with van der Waals surface area (Å²) in [5, 5.41) is 13.6. The Labute approximate surface area is 152 Å². The smallest absolute Gasteiger partial charge is 0.321 e. The highest BCUT2D eigenvalue weighted by Gasteiger charge is 2.42. The topological polar surface area (TPSA) is 65.0 Å². The summed E-state index contributed by atoms with van der Waals surface area (Å²) in [6, 6.07) is 5.59. The Hall–Kier alpha value is -1.50. The predicted octanol–water partition coefficient (Wildman–Crippen LogP) is 2.41. The first-order chi connectivity index (χ1) is 12.1. The first-order valence-electron chi connectivity index (χ1n) is 8.98. The van der Waals surface area contributed by atoms with E-state index in [1.165, 1.54) is 0 Å². The molecule has 0 radical (unpaired) electrons. The normalized spacial score (nSPS) is 29.0. The minimum atomic E-state index is -0.253. The number of carbonyl (C=O) groups excluding carboxylic acids is 1. The Bertz CT molecular complexity index is 636. The van der Waals surface area contributed by atoms with E-state index >= 15 is 0 Å². The molecule has 136 valence electrons. The number of aliphatic hydroxyl groups excluding tert-OH is 1. The van der Waals surface area contributed by atoms with Crippen LogP contribution in [0.15, 0.2) is 18.2 Å². The van der Waals surface area contributed by atoms with Gasteiger partial charge in [0.05, 0.1) is 30.0 Å². The van der Waals surface area contributed by atoms with E-state index in [0.29, 0.717) is 37.0 Å². The lowest BCUT2D eigenvalue weighted by molar-refractivity contribution is 0.0326. The van der Waals surface area contributed by atoms with Crippen LogP contribution in [-0.2, 0) is 4.74 Å². The van der Waals surface area contributed by atoms with Gasteiger partial charge in [0.15, 0.2) is 0 Å². The number of hydrogen-bond acceptors (Lipinski definition) is 4. The van der Waals surface area contributed by atoms with Gasteiger partial charge in [0, 0.05) is 43.7 Å². The summed E-state index contributed by atoms with van der Waals surface area (Å²) < 4.78 is 5.39. The predicted molar refractivity (Wildman–Crippen MR) is 97.3 cm³/mol. The Morgan fingerprint density at radius 3 is 2.56 bits per heavy atom. The number of benzene rings is 1. The SMILES string of the molecule is O=C(Nc1cc(N2CCOCC2)ccc1Cl)N1C[C@H]2CC[C@@H](C1)C2O. The zero-order valence-corrected chi connectivity index (χ0v) is 14.9. The fraction of sp³-hybridized carbons (Fsp3) is 0.611. The van der Waals surface area contributed by atoms with Crippen molar-refractivity contribution in [1.82, 2.24) is 4.90 Å². The zero-order valence-electron chi connectivity index (χ0n) is 14.2. The Morgan fingerprint density at radius 1 is 1.20 bits per heavy atom. The molecule has 2 amide bonds. The molecule has 3 fully saturated rings. The molecule has 3 atom stereocenters. The van der Waals surface area contributed by atoms with E-state index in [2.05, 4.69) is 10.2 Å². The van der Waals surface area contributed by atoms with Crippen molar-refractivity contribution >= 4 is 29.0 Å². The molecule has 2 bridgehead atoms. The van der Waals surface area contributed by atoms with Crippen LogP contribution in [-0.4, -0.2) is 61.5 Å². The summed E-state index contributed by atoms with van der Waals surface area (Å²) in [6.45, 7) is 4.33. The summed E-state index contributed by atoms with van der Waals surface area (Å²) in [5.74, 6) is 0.416. The molecule has 1 saturated carbocycles. The highest BCUT2D eigenvalue weighted by molar-refractivity contribution is 6.33. The highest BCUT2D eigenvalue weighted by Crippen LogP contribution is 2.37. The third-order valence-electron chi connectivity index (χ3n) is 5.64. The molecule has 2 heterocycles. The van der Waals surface area contributed by atoms with E-state index in [-0.39, 0.29) is 24.0 Å². The maximum absolute atomic E-state index is 12.7. The van der Waals surface area contributed by atoms with Crippen molar-refractivity contribution in [2.75, 3.05) is 49.6 Å². The monoisotopic (exact) mass is 365 g/mol. The van der Waals surface area contributed by atoms with Gasteiger partial charge >= 0.3 is 6.03 Å². The maximum atomic E-state index is 12.7. The number of urea groups is 1.